The number of nitro benzene ring substituents is 1. The Morgan fingerprint density at radius 3 is 2.59 bits per heavy atom. The van der Waals surface area contributed by atoms with Gasteiger partial charge in [-0.2, -0.15) is 0 Å². The van der Waals surface area contributed by atoms with Gasteiger partial charge in [-0.05, 0) is 51.0 Å². The molecule has 0 radical (unpaired) electrons. The number of non-ortho nitro benzene ring substituents is 1. The zero-order valence-electron chi connectivity index (χ0n) is 20.6. The van der Waals surface area contributed by atoms with Gasteiger partial charge in [0.1, 0.15) is 5.75 Å². The first-order chi connectivity index (χ1) is 17.8. The number of nitro groups is 1. The number of thiazole rings is 1. The number of benzene rings is 2. The van der Waals surface area contributed by atoms with E-state index < -0.39 is 17.1 Å². The van der Waals surface area contributed by atoms with E-state index in [4.69, 9.17) is 9.47 Å². The summed E-state index contributed by atoms with van der Waals surface area (Å²) in [6, 6.07) is 10.5. The molecule has 1 heterocycles. The summed E-state index contributed by atoms with van der Waals surface area (Å²) in [6.07, 6.45) is 5.93. The number of rotatable bonds is 7. The third kappa shape index (κ3) is 7.04. The number of carbonyl (C=O) groups is 2. The Kier molecular flexibility index (Phi) is 8.34. The van der Waals surface area contributed by atoms with Crippen molar-refractivity contribution >= 4 is 40.6 Å². The minimum Gasteiger partial charge on any atom is -0.447 e. The second-order valence-electron chi connectivity index (χ2n) is 9.01. The fourth-order valence-electron chi connectivity index (χ4n) is 4.16. The van der Waals surface area contributed by atoms with Crippen LogP contribution in [0.15, 0.2) is 48.7 Å². The number of hydrogen-bond donors (Lipinski definition) is 2. The minimum absolute atomic E-state index is 0.0282. The third-order valence-corrected chi connectivity index (χ3v) is 7.02. The molecule has 2 amide bonds. The molecule has 0 atom stereocenters. The van der Waals surface area contributed by atoms with E-state index in [9.17, 15) is 19.7 Å². The summed E-state index contributed by atoms with van der Waals surface area (Å²) in [4.78, 5) is 40.9. The van der Waals surface area contributed by atoms with Crippen LogP contribution in [0.4, 0.5) is 26.7 Å². The predicted molar refractivity (Wildman–Crippen MR) is 141 cm³/mol. The maximum Gasteiger partial charge on any atom is 0.417 e. The van der Waals surface area contributed by atoms with Crippen LogP contribution in [0.25, 0.3) is 10.4 Å². The highest BCUT2D eigenvalue weighted by molar-refractivity contribution is 7.15. The van der Waals surface area contributed by atoms with Gasteiger partial charge >= 0.3 is 12.2 Å². The molecule has 1 aromatic heterocycles. The Morgan fingerprint density at radius 1 is 1.08 bits per heavy atom. The van der Waals surface area contributed by atoms with Gasteiger partial charge in [0.2, 0.25) is 0 Å². The lowest BCUT2D eigenvalue weighted by atomic mass is 9.90. The summed E-state index contributed by atoms with van der Waals surface area (Å²) >= 11 is 1.58. The quantitative estimate of drug-likeness (QED) is 0.244. The van der Waals surface area contributed by atoms with E-state index in [1.54, 1.807) is 49.6 Å². The summed E-state index contributed by atoms with van der Waals surface area (Å²) in [6.45, 7) is 3.49. The van der Waals surface area contributed by atoms with Gasteiger partial charge in [-0.15, -0.1) is 11.3 Å². The lowest BCUT2D eigenvalue weighted by Crippen LogP contribution is -2.19. The molecule has 2 N–H and O–H groups in total. The SMILES string of the molecule is CC(C)OC(=O)Nc1ccc(-c2cnc(C3CCCCC3)s2)c(NC(=O)Oc2cccc([N+](=O)[O-])c2)c1. The first-order valence-corrected chi connectivity index (χ1v) is 12.9. The molecule has 2 aromatic carbocycles. The monoisotopic (exact) mass is 524 g/mol. The van der Waals surface area contributed by atoms with E-state index in [-0.39, 0.29) is 17.5 Å². The van der Waals surface area contributed by atoms with Crippen LogP contribution in [-0.2, 0) is 4.74 Å². The maximum absolute atomic E-state index is 12.8. The van der Waals surface area contributed by atoms with Gasteiger partial charge in [0, 0.05) is 29.4 Å². The lowest BCUT2D eigenvalue weighted by molar-refractivity contribution is -0.384. The van der Waals surface area contributed by atoms with Gasteiger partial charge < -0.3 is 9.47 Å². The van der Waals surface area contributed by atoms with Crippen LogP contribution in [0.2, 0.25) is 0 Å². The van der Waals surface area contributed by atoms with Crippen molar-refractivity contribution in [2.75, 3.05) is 10.6 Å². The number of anilines is 2. The van der Waals surface area contributed by atoms with Crippen molar-refractivity contribution < 1.29 is 24.0 Å². The molecule has 11 heteroatoms. The Labute approximate surface area is 218 Å². The van der Waals surface area contributed by atoms with Gasteiger partial charge in [0.25, 0.3) is 5.69 Å². The smallest absolute Gasteiger partial charge is 0.417 e. The Hall–Kier alpha value is -3.99. The first kappa shape index (κ1) is 26.1. The minimum atomic E-state index is -0.833. The highest BCUT2D eigenvalue weighted by Crippen LogP contribution is 2.40. The first-order valence-electron chi connectivity index (χ1n) is 12.1. The number of hydrogen-bond acceptors (Lipinski definition) is 8. The lowest BCUT2D eigenvalue weighted by Gasteiger charge is -2.19. The standard InChI is InChI=1S/C26H28N4O6S/c1-16(2)35-25(31)28-18-11-12-21(23-15-27-24(37-23)17-7-4-3-5-8-17)22(13-18)29-26(32)36-20-10-6-9-19(14-20)30(33)34/h6,9-17H,3-5,7-8H2,1-2H3,(H,28,31)(H,29,32). The molecule has 4 rings (SSSR count). The van der Waals surface area contributed by atoms with Crippen molar-refractivity contribution in [3.63, 3.8) is 0 Å². The normalized spacial score (nSPS) is 13.7. The number of ether oxygens (including phenoxy) is 2. The molecule has 3 aromatic rings. The molecule has 1 aliphatic rings. The van der Waals surface area contributed by atoms with E-state index in [1.165, 1.54) is 43.5 Å². The molecule has 0 aliphatic heterocycles. The van der Waals surface area contributed by atoms with Crippen LogP contribution in [0, 0.1) is 10.1 Å². The molecule has 0 spiro atoms. The largest absolute Gasteiger partial charge is 0.447 e. The average molecular weight is 525 g/mol. The number of amides is 2. The highest BCUT2D eigenvalue weighted by atomic mass is 32.1. The van der Waals surface area contributed by atoms with E-state index in [0.29, 0.717) is 22.9 Å². The number of nitrogens with zero attached hydrogens (tertiary/aromatic N) is 2. The second-order valence-corrected chi connectivity index (χ2v) is 10.1. The summed E-state index contributed by atoms with van der Waals surface area (Å²) in [5.41, 5.74) is 1.31. The molecule has 37 heavy (non-hydrogen) atoms. The molecule has 1 saturated carbocycles. The fraction of sp³-hybridized carbons (Fsp3) is 0.346. The molecule has 10 nitrogen and oxygen atoms in total. The van der Waals surface area contributed by atoms with Crippen molar-refractivity contribution in [2.24, 2.45) is 0 Å². The van der Waals surface area contributed by atoms with Crippen molar-refractivity contribution in [2.45, 2.75) is 58.0 Å². The summed E-state index contributed by atoms with van der Waals surface area (Å²) in [5, 5.41) is 17.5. The maximum atomic E-state index is 12.8. The summed E-state index contributed by atoms with van der Waals surface area (Å²) in [5.74, 6) is 0.468. The van der Waals surface area contributed by atoms with E-state index in [1.807, 2.05) is 0 Å². The molecule has 0 saturated heterocycles. The van der Waals surface area contributed by atoms with Crippen molar-refractivity contribution in [1.29, 1.82) is 0 Å². The molecule has 0 unspecified atom stereocenters. The second kappa shape index (κ2) is 11.8. The predicted octanol–water partition coefficient (Wildman–Crippen LogP) is 7.33. The van der Waals surface area contributed by atoms with Gasteiger partial charge in [-0.25, -0.2) is 14.6 Å². The third-order valence-electron chi connectivity index (χ3n) is 5.83. The summed E-state index contributed by atoms with van der Waals surface area (Å²) < 4.78 is 10.4. The van der Waals surface area contributed by atoms with E-state index >= 15 is 0 Å². The van der Waals surface area contributed by atoms with Crippen LogP contribution in [0.5, 0.6) is 5.75 Å². The van der Waals surface area contributed by atoms with Gasteiger partial charge in [-0.3, -0.25) is 20.7 Å². The Bertz CT molecular complexity index is 1290. The van der Waals surface area contributed by atoms with Crippen LogP contribution in [0.3, 0.4) is 0 Å². The topological polar surface area (TPSA) is 133 Å². The molecular weight excluding hydrogens is 496 g/mol. The Morgan fingerprint density at radius 2 is 1.86 bits per heavy atom. The zero-order chi connectivity index (χ0) is 26.4. The molecule has 194 valence electrons. The fourth-order valence-corrected chi connectivity index (χ4v) is 5.28. The average Bonchev–Trinajstić information content (AvgIpc) is 3.34. The van der Waals surface area contributed by atoms with Gasteiger partial charge in [0.05, 0.1) is 32.7 Å². The molecular formula is C26H28N4O6S. The molecule has 1 fully saturated rings. The van der Waals surface area contributed by atoms with Crippen molar-refractivity contribution in [1.82, 2.24) is 4.98 Å². The highest BCUT2D eigenvalue weighted by Gasteiger charge is 2.21. The summed E-state index contributed by atoms with van der Waals surface area (Å²) in [7, 11) is 0. The van der Waals surface area contributed by atoms with Crippen LogP contribution in [0.1, 0.15) is 56.9 Å². The molecule has 0 bridgehead atoms. The van der Waals surface area contributed by atoms with Gasteiger partial charge in [0.15, 0.2) is 0 Å². The van der Waals surface area contributed by atoms with Gasteiger partial charge in [-0.1, -0.05) is 25.3 Å². The van der Waals surface area contributed by atoms with Crippen molar-refractivity contribution in [3.8, 4) is 16.2 Å². The van der Waals surface area contributed by atoms with E-state index in [0.717, 1.165) is 22.7 Å². The Balaban J connectivity index is 1.59. The van der Waals surface area contributed by atoms with E-state index in [2.05, 4.69) is 15.6 Å². The number of nitrogens with one attached hydrogen (secondary N) is 2. The molecule has 1 aliphatic carbocycles. The number of aromatic nitrogens is 1. The van der Waals surface area contributed by atoms with Crippen LogP contribution < -0.4 is 15.4 Å². The van der Waals surface area contributed by atoms with Crippen LogP contribution >= 0.6 is 11.3 Å². The zero-order valence-corrected chi connectivity index (χ0v) is 21.4. The van der Waals surface area contributed by atoms with Crippen molar-refractivity contribution in [3.05, 3.63) is 63.8 Å². The number of carbonyl (C=O) groups excluding carboxylic acids is 2. The van der Waals surface area contributed by atoms with Crippen LogP contribution in [-0.4, -0.2) is 28.2 Å².